The lowest BCUT2D eigenvalue weighted by Crippen LogP contribution is -2.16. The molecule has 0 bridgehead atoms. The zero-order chi connectivity index (χ0) is 20.3. The number of carbonyl (C=O) groups is 1. The van der Waals surface area contributed by atoms with Crippen LogP contribution in [0.25, 0.3) is 0 Å². The maximum absolute atomic E-state index is 13.0. The van der Waals surface area contributed by atoms with Gasteiger partial charge in [0.15, 0.2) is 0 Å². The van der Waals surface area contributed by atoms with Crippen LogP contribution in [-0.2, 0) is 10.0 Å². The predicted molar refractivity (Wildman–Crippen MR) is 106 cm³/mol. The second-order valence-corrected chi connectivity index (χ2v) is 8.02. The number of aryl methyl sites for hydroxylation is 1. The third-order valence-corrected chi connectivity index (χ3v) is 5.46. The summed E-state index contributed by atoms with van der Waals surface area (Å²) in [5.74, 6) is -0.661. The molecule has 6 nitrogen and oxygen atoms in total. The van der Waals surface area contributed by atoms with Crippen molar-refractivity contribution < 1.29 is 17.6 Å². The number of aromatic nitrogens is 1. The highest BCUT2D eigenvalue weighted by Crippen LogP contribution is 2.26. The van der Waals surface area contributed by atoms with Crippen molar-refractivity contribution in [2.24, 2.45) is 0 Å². The topological polar surface area (TPSA) is 88.2 Å². The summed E-state index contributed by atoms with van der Waals surface area (Å²) < 4.78 is 40.3. The van der Waals surface area contributed by atoms with Crippen LogP contribution in [0.1, 0.15) is 15.9 Å². The summed E-state index contributed by atoms with van der Waals surface area (Å²) in [4.78, 5) is 16.4. The van der Waals surface area contributed by atoms with E-state index in [-0.39, 0.29) is 21.2 Å². The maximum Gasteiger partial charge on any atom is 0.261 e. The van der Waals surface area contributed by atoms with Crippen molar-refractivity contribution in [2.45, 2.75) is 11.8 Å². The van der Waals surface area contributed by atoms with Crippen molar-refractivity contribution in [3.05, 3.63) is 82.8 Å². The minimum absolute atomic E-state index is 0.0239. The molecule has 0 saturated heterocycles. The number of hydrogen-bond acceptors (Lipinski definition) is 4. The summed E-state index contributed by atoms with van der Waals surface area (Å²) in [5, 5.41) is 2.74. The predicted octanol–water partition coefficient (Wildman–Crippen LogP) is 4.24. The fourth-order valence-corrected chi connectivity index (χ4v) is 3.65. The molecule has 0 radical (unpaired) electrons. The Bertz CT molecular complexity index is 1140. The third kappa shape index (κ3) is 4.65. The average molecular weight is 420 g/mol. The van der Waals surface area contributed by atoms with Crippen molar-refractivity contribution in [1.29, 1.82) is 0 Å². The van der Waals surface area contributed by atoms with Crippen LogP contribution in [0.4, 0.5) is 15.9 Å². The summed E-state index contributed by atoms with van der Waals surface area (Å²) >= 11 is 6.07. The molecule has 0 aliphatic rings. The SMILES string of the molecule is Cc1ccnc(NC(=O)c2ccc(Cl)c(NS(=O)(=O)c3ccc(F)cc3)c2)c1. The van der Waals surface area contributed by atoms with Gasteiger partial charge in [0.2, 0.25) is 0 Å². The molecular formula is C19H15ClFN3O3S. The van der Waals surface area contributed by atoms with E-state index in [2.05, 4.69) is 15.0 Å². The molecule has 0 saturated carbocycles. The van der Waals surface area contributed by atoms with E-state index in [4.69, 9.17) is 11.6 Å². The van der Waals surface area contributed by atoms with Crippen molar-refractivity contribution in [1.82, 2.24) is 4.98 Å². The van der Waals surface area contributed by atoms with Gasteiger partial charge in [-0.05, 0) is 67.1 Å². The molecule has 3 aromatic rings. The highest BCUT2D eigenvalue weighted by molar-refractivity contribution is 7.92. The normalized spacial score (nSPS) is 11.1. The molecule has 0 fully saturated rings. The maximum atomic E-state index is 13.0. The van der Waals surface area contributed by atoms with E-state index in [0.29, 0.717) is 5.82 Å². The van der Waals surface area contributed by atoms with E-state index in [1.165, 1.54) is 18.2 Å². The average Bonchev–Trinajstić information content (AvgIpc) is 2.63. The minimum atomic E-state index is -4.00. The Hall–Kier alpha value is -2.97. The van der Waals surface area contributed by atoms with Gasteiger partial charge in [0.25, 0.3) is 15.9 Å². The van der Waals surface area contributed by atoms with Crippen LogP contribution in [0.15, 0.2) is 65.7 Å². The van der Waals surface area contributed by atoms with Gasteiger partial charge in [0.1, 0.15) is 11.6 Å². The first kappa shape index (κ1) is 19.8. The van der Waals surface area contributed by atoms with E-state index >= 15 is 0 Å². The van der Waals surface area contributed by atoms with Crippen LogP contribution in [0.5, 0.6) is 0 Å². The summed E-state index contributed by atoms with van der Waals surface area (Å²) in [7, 11) is -4.00. The van der Waals surface area contributed by atoms with Gasteiger partial charge in [0.05, 0.1) is 15.6 Å². The van der Waals surface area contributed by atoms with Crippen molar-refractivity contribution >= 4 is 39.0 Å². The number of sulfonamides is 1. The molecule has 0 aliphatic carbocycles. The summed E-state index contributed by atoms with van der Waals surface area (Å²) in [6.45, 7) is 1.86. The molecular weight excluding hydrogens is 405 g/mol. The van der Waals surface area contributed by atoms with Gasteiger partial charge in [0, 0.05) is 11.8 Å². The van der Waals surface area contributed by atoms with Crippen molar-refractivity contribution in [2.75, 3.05) is 10.0 Å². The number of rotatable bonds is 5. The van der Waals surface area contributed by atoms with Gasteiger partial charge >= 0.3 is 0 Å². The highest BCUT2D eigenvalue weighted by atomic mass is 35.5. The van der Waals surface area contributed by atoms with Gasteiger partial charge in [-0.15, -0.1) is 0 Å². The van der Waals surface area contributed by atoms with Gasteiger partial charge in [-0.1, -0.05) is 11.6 Å². The molecule has 1 aromatic heterocycles. The second kappa shape index (κ2) is 7.95. The monoisotopic (exact) mass is 419 g/mol. The summed E-state index contributed by atoms with van der Waals surface area (Å²) in [6.07, 6.45) is 1.56. The fraction of sp³-hybridized carbons (Fsp3) is 0.0526. The van der Waals surface area contributed by atoms with E-state index in [1.54, 1.807) is 18.3 Å². The highest BCUT2D eigenvalue weighted by Gasteiger charge is 2.17. The number of carbonyl (C=O) groups excluding carboxylic acids is 1. The lowest BCUT2D eigenvalue weighted by atomic mass is 10.2. The molecule has 3 rings (SSSR count). The Morgan fingerprint density at radius 1 is 1.07 bits per heavy atom. The number of halogens is 2. The first-order chi connectivity index (χ1) is 13.2. The van der Waals surface area contributed by atoms with E-state index in [0.717, 1.165) is 29.8 Å². The molecule has 0 spiro atoms. The molecule has 0 unspecified atom stereocenters. The Labute approximate surface area is 166 Å². The largest absolute Gasteiger partial charge is 0.307 e. The zero-order valence-electron chi connectivity index (χ0n) is 14.6. The molecule has 9 heteroatoms. The van der Waals surface area contributed by atoms with Crippen molar-refractivity contribution in [3.8, 4) is 0 Å². The fourth-order valence-electron chi connectivity index (χ4n) is 2.36. The first-order valence-electron chi connectivity index (χ1n) is 8.06. The summed E-state index contributed by atoms with van der Waals surface area (Å²) in [6, 6.07) is 12.0. The molecule has 144 valence electrons. The number of nitrogens with zero attached hydrogens (tertiary/aromatic N) is 1. The van der Waals surface area contributed by atoms with Crippen LogP contribution in [-0.4, -0.2) is 19.3 Å². The number of pyridine rings is 1. The van der Waals surface area contributed by atoms with Crippen LogP contribution in [0.2, 0.25) is 5.02 Å². The van der Waals surface area contributed by atoms with Gasteiger partial charge in [-0.2, -0.15) is 0 Å². The molecule has 0 aliphatic heterocycles. The Morgan fingerprint density at radius 2 is 1.79 bits per heavy atom. The molecule has 2 aromatic carbocycles. The molecule has 1 heterocycles. The van der Waals surface area contributed by atoms with Gasteiger partial charge in [-0.3, -0.25) is 9.52 Å². The van der Waals surface area contributed by atoms with Gasteiger partial charge < -0.3 is 5.32 Å². The standard InChI is InChI=1S/C19H15ClFN3O3S/c1-12-8-9-22-18(10-12)23-19(25)13-2-7-16(20)17(11-13)24-28(26,27)15-5-3-14(21)4-6-15/h2-11,24H,1H3,(H,22,23,25). The third-order valence-electron chi connectivity index (χ3n) is 3.75. The lowest BCUT2D eigenvalue weighted by molar-refractivity contribution is 0.102. The molecule has 28 heavy (non-hydrogen) atoms. The molecule has 0 atom stereocenters. The quantitative estimate of drug-likeness (QED) is 0.647. The molecule has 1 amide bonds. The Kier molecular flexibility index (Phi) is 5.62. The number of benzene rings is 2. The van der Waals surface area contributed by atoms with Crippen LogP contribution in [0, 0.1) is 12.7 Å². The first-order valence-corrected chi connectivity index (χ1v) is 9.93. The van der Waals surface area contributed by atoms with Crippen LogP contribution >= 0.6 is 11.6 Å². The number of anilines is 2. The number of hydrogen-bond donors (Lipinski definition) is 2. The Morgan fingerprint density at radius 3 is 2.46 bits per heavy atom. The minimum Gasteiger partial charge on any atom is -0.307 e. The number of nitrogens with one attached hydrogen (secondary N) is 2. The van der Waals surface area contributed by atoms with E-state index in [1.807, 2.05) is 6.92 Å². The molecule has 2 N–H and O–H groups in total. The smallest absolute Gasteiger partial charge is 0.261 e. The van der Waals surface area contributed by atoms with Gasteiger partial charge in [-0.25, -0.2) is 17.8 Å². The van der Waals surface area contributed by atoms with Crippen molar-refractivity contribution in [3.63, 3.8) is 0 Å². The number of amides is 1. The second-order valence-electron chi connectivity index (χ2n) is 5.93. The van der Waals surface area contributed by atoms with E-state index < -0.39 is 21.7 Å². The Balaban J connectivity index is 1.85. The zero-order valence-corrected chi connectivity index (χ0v) is 16.2. The van der Waals surface area contributed by atoms with E-state index in [9.17, 15) is 17.6 Å². The van der Waals surface area contributed by atoms with Crippen LogP contribution < -0.4 is 10.0 Å². The summed E-state index contributed by atoms with van der Waals surface area (Å²) in [5.41, 5.74) is 1.13. The van der Waals surface area contributed by atoms with Crippen LogP contribution in [0.3, 0.4) is 0 Å². The lowest BCUT2D eigenvalue weighted by Gasteiger charge is -2.12.